The Hall–Kier alpha value is -1.36. The third-order valence-corrected chi connectivity index (χ3v) is 3.39. The molecule has 0 bridgehead atoms. The summed E-state index contributed by atoms with van der Waals surface area (Å²) in [6, 6.07) is 7.49. The highest BCUT2D eigenvalue weighted by atomic mass is 35.5. The minimum absolute atomic E-state index is 0.567. The molecule has 2 aromatic rings. The standard InChI is InChI=1S/C14H15ClN2O2/c1-14(18)8-17(9-14)7-13-16-6-12(19-13)10-3-2-4-11(15)5-10/h2-6,18H,7-9H2,1H3. The van der Waals surface area contributed by atoms with E-state index in [0.29, 0.717) is 36.3 Å². The Morgan fingerprint density at radius 1 is 1.47 bits per heavy atom. The van der Waals surface area contributed by atoms with E-state index in [2.05, 4.69) is 9.88 Å². The molecule has 2 heterocycles. The van der Waals surface area contributed by atoms with Crippen LogP contribution in [-0.4, -0.2) is 33.7 Å². The normalized spacial score (nSPS) is 18.3. The third-order valence-electron chi connectivity index (χ3n) is 3.15. The third kappa shape index (κ3) is 2.81. The van der Waals surface area contributed by atoms with E-state index in [-0.39, 0.29) is 0 Å². The maximum atomic E-state index is 9.67. The zero-order valence-electron chi connectivity index (χ0n) is 10.6. The molecular formula is C14H15ClN2O2. The Balaban J connectivity index is 1.70. The summed E-state index contributed by atoms with van der Waals surface area (Å²) in [4.78, 5) is 6.35. The van der Waals surface area contributed by atoms with Crippen LogP contribution in [0.4, 0.5) is 0 Å². The summed E-state index contributed by atoms with van der Waals surface area (Å²) in [5.41, 5.74) is 0.351. The molecule has 19 heavy (non-hydrogen) atoms. The first-order valence-electron chi connectivity index (χ1n) is 6.17. The Morgan fingerprint density at radius 3 is 2.95 bits per heavy atom. The Bertz CT molecular complexity index is 587. The summed E-state index contributed by atoms with van der Waals surface area (Å²) in [6.45, 7) is 3.76. The number of aliphatic hydroxyl groups is 1. The van der Waals surface area contributed by atoms with Crippen molar-refractivity contribution < 1.29 is 9.52 Å². The minimum atomic E-state index is -0.567. The zero-order chi connectivity index (χ0) is 13.5. The van der Waals surface area contributed by atoms with Crippen LogP contribution >= 0.6 is 11.6 Å². The average Bonchev–Trinajstić information content (AvgIpc) is 2.75. The molecule has 4 nitrogen and oxygen atoms in total. The van der Waals surface area contributed by atoms with Gasteiger partial charge in [0.25, 0.3) is 0 Å². The van der Waals surface area contributed by atoms with E-state index in [9.17, 15) is 5.11 Å². The second-order valence-corrected chi connectivity index (χ2v) is 5.71. The van der Waals surface area contributed by atoms with Crippen LogP contribution < -0.4 is 0 Å². The summed E-state index contributed by atoms with van der Waals surface area (Å²) in [5, 5.41) is 10.3. The molecule has 1 saturated heterocycles. The molecule has 1 aromatic heterocycles. The summed E-state index contributed by atoms with van der Waals surface area (Å²) in [5.74, 6) is 1.37. The van der Waals surface area contributed by atoms with Gasteiger partial charge in [-0.05, 0) is 19.1 Å². The second kappa shape index (κ2) is 4.63. The van der Waals surface area contributed by atoms with Crippen LogP contribution in [0, 0.1) is 0 Å². The van der Waals surface area contributed by atoms with Crippen LogP contribution in [0.5, 0.6) is 0 Å². The summed E-state index contributed by atoms with van der Waals surface area (Å²) in [6.07, 6.45) is 1.71. The van der Waals surface area contributed by atoms with Gasteiger partial charge in [-0.15, -0.1) is 0 Å². The monoisotopic (exact) mass is 278 g/mol. The molecule has 1 aliphatic heterocycles. The average molecular weight is 279 g/mol. The van der Waals surface area contributed by atoms with Crippen LogP contribution in [0.15, 0.2) is 34.9 Å². The summed E-state index contributed by atoms with van der Waals surface area (Å²) in [7, 11) is 0. The lowest BCUT2D eigenvalue weighted by molar-refractivity contribution is -0.0896. The molecule has 0 saturated carbocycles. The molecule has 100 valence electrons. The van der Waals surface area contributed by atoms with Gasteiger partial charge < -0.3 is 9.52 Å². The van der Waals surface area contributed by atoms with Crippen LogP contribution in [0.1, 0.15) is 12.8 Å². The largest absolute Gasteiger partial charge is 0.439 e. The van der Waals surface area contributed by atoms with Gasteiger partial charge in [0.2, 0.25) is 5.89 Å². The first kappa shape index (κ1) is 12.7. The second-order valence-electron chi connectivity index (χ2n) is 5.27. The number of hydrogen-bond acceptors (Lipinski definition) is 4. The predicted molar refractivity (Wildman–Crippen MR) is 72.8 cm³/mol. The van der Waals surface area contributed by atoms with Gasteiger partial charge in [0.1, 0.15) is 0 Å². The lowest BCUT2D eigenvalue weighted by atomic mass is 9.97. The number of oxazole rings is 1. The van der Waals surface area contributed by atoms with Gasteiger partial charge in [-0.1, -0.05) is 23.7 Å². The Kier molecular flexibility index (Phi) is 3.09. The number of halogens is 1. The molecule has 1 aromatic carbocycles. The summed E-state index contributed by atoms with van der Waals surface area (Å²) < 4.78 is 5.71. The molecule has 1 N–H and O–H groups in total. The van der Waals surface area contributed by atoms with Crippen molar-refractivity contribution in [3.63, 3.8) is 0 Å². The van der Waals surface area contributed by atoms with Crippen LogP contribution in [0.25, 0.3) is 11.3 Å². The smallest absolute Gasteiger partial charge is 0.209 e. The molecule has 1 fully saturated rings. The van der Waals surface area contributed by atoms with E-state index in [1.165, 1.54) is 0 Å². The van der Waals surface area contributed by atoms with E-state index in [1.54, 1.807) is 6.20 Å². The molecule has 0 atom stereocenters. The van der Waals surface area contributed by atoms with Gasteiger partial charge in [0.05, 0.1) is 18.3 Å². The number of aromatic nitrogens is 1. The quantitative estimate of drug-likeness (QED) is 0.937. The Morgan fingerprint density at radius 2 is 2.26 bits per heavy atom. The predicted octanol–water partition coefficient (Wildman–Crippen LogP) is 2.56. The minimum Gasteiger partial charge on any atom is -0.439 e. The van der Waals surface area contributed by atoms with Crippen LogP contribution in [0.3, 0.4) is 0 Å². The van der Waals surface area contributed by atoms with E-state index in [0.717, 1.165) is 5.56 Å². The fourth-order valence-corrected chi connectivity index (χ4v) is 2.57. The number of hydrogen-bond donors (Lipinski definition) is 1. The lowest BCUT2D eigenvalue weighted by Gasteiger charge is -2.43. The molecule has 0 radical (unpaired) electrons. The van der Waals surface area contributed by atoms with Gasteiger partial charge in [0, 0.05) is 23.7 Å². The van der Waals surface area contributed by atoms with E-state index in [1.807, 2.05) is 31.2 Å². The van der Waals surface area contributed by atoms with Crippen LogP contribution in [0.2, 0.25) is 5.02 Å². The van der Waals surface area contributed by atoms with Gasteiger partial charge in [-0.2, -0.15) is 0 Å². The van der Waals surface area contributed by atoms with E-state index >= 15 is 0 Å². The molecule has 0 unspecified atom stereocenters. The molecule has 0 aliphatic carbocycles. The van der Waals surface area contributed by atoms with E-state index in [4.69, 9.17) is 16.0 Å². The highest BCUT2D eigenvalue weighted by molar-refractivity contribution is 6.30. The highest BCUT2D eigenvalue weighted by Gasteiger charge is 2.36. The molecule has 0 amide bonds. The Labute approximate surface area is 116 Å². The maximum Gasteiger partial charge on any atom is 0.209 e. The number of rotatable bonds is 3. The van der Waals surface area contributed by atoms with Crippen molar-refractivity contribution in [1.82, 2.24) is 9.88 Å². The lowest BCUT2D eigenvalue weighted by Crippen LogP contribution is -2.59. The maximum absolute atomic E-state index is 9.67. The van der Waals surface area contributed by atoms with Gasteiger partial charge in [-0.3, -0.25) is 4.90 Å². The fourth-order valence-electron chi connectivity index (χ4n) is 2.38. The van der Waals surface area contributed by atoms with Crippen molar-refractivity contribution in [3.05, 3.63) is 41.4 Å². The van der Waals surface area contributed by atoms with Gasteiger partial charge in [0.15, 0.2) is 5.76 Å². The number of likely N-dealkylation sites (tertiary alicyclic amines) is 1. The van der Waals surface area contributed by atoms with E-state index < -0.39 is 5.60 Å². The SMILES string of the molecule is CC1(O)CN(Cc2ncc(-c3cccc(Cl)c3)o2)C1. The van der Waals surface area contributed by atoms with Crippen molar-refractivity contribution in [2.75, 3.05) is 13.1 Å². The van der Waals surface area contributed by atoms with Gasteiger partial charge >= 0.3 is 0 Å². The van der Waals surface area contributed by atoms with Crippen molar-refractivity contribution in [2.45, 2.75) is 19.1 Å². The van der Waals surface area contributed by atoms with Crippen molar-refractivity contribution in [3.8, 4) is 11.3 Å². The topological polar surface area (TPSA) is 49.5 Å². The molecule has 0 spiro atoms. The van der Waals surface area contributed by atoms with Gasteiger partial charge in [-0.25, -0.2) is 4.98 Å². The first-order chi connectivity index (χ1) is 9.02. The summed E-state index contributed by atoms with van der Waals surface area (Å²) >= 11 is 5.95. The molecule has 5 heteroatoms. The van der Waals surface area contributed by atoms with Crippen LogP contribution in [-0.2, 0) is 6.54 Å². The first-order valence-corrected chi connectivity index (χ1v) is 6.55. The van der Waals surface area contributed by atoms with Crippen molar-refractivity contribution in [2.24, 2.45) is 0 Å². The number of benzene rings is 1. The number of nitrogens with zero attached hydrogens (tertiary/aromatic N) is 2. The fraction of sp³-hybridized carbons (Fsp3) is 0.357. The number of β-amino-alcohol motifs (C(OH)–C–C–N with tert-alkyl or cyclic N) is 1. The highest BCUT2D eigenvalue weighted by Crippen LogP contribution is 2.26. The zero-order valence-corrected chi connectivity index (χ0v) is 11.4. The van der Waals surface area contributed by atoms with Crippen molar-refractivity contribution in [1.29, 1.82) is 0 Å². The van der Waals surface area contributed by atoms with Crippen molar-refractivity contribution >= 4 is 11.6 Å². The molecule has 3 rings (SSSR count). The molecular weight excluding hydrogens is 264 g/mol. The molecule has 1 aliphatic rings.